The molecule has 0 amide bonds. The van der Waals surface area contributed by atoms with Gasteiger partial charge in [0.05, 0.1) is 5.56 Å². The van der Waals surface area contributed by atoms with Gasteiger partial charge in [0.25, 0.3) is 0 Å². The van der Waals surface area contributed by atoms with E-state index in [2.05, 4.69) is 15.9 Å². The molecule has 0 saturated carbocycles. The van der Waals surface area contributed by atoms with E-state index >= 15 is 0 Å². The van der Waals surface area contributed by atoms with Gasteiger partial charge in [0.1, 0.15) is 12.2 Å². The third kappa shape index (κ3) is 4.32. The minimum absolute atomic E-state index is 0.296. The highest BCUT2D eigenvalue weighted by Crippen LogP contribution is 2.28. The van der Waals surface area contributed by atoms with Gasteiger partial charge in [-0.05, 0) is 12.1 Å². The van der Waals surface area contributed by atoms with Gasteiger partial charge in [-0.25, -0.2) is 4.79 Å². The van der Waals surface area contributed by atoms with Gasteiger partial charge in [-0.1, -0.05) is 34.1 Å². The third-order valence-corrected chi connectivity index (χ3v) is 4.19. The first kappa shape index (κ1) is 18.9. The maximum Gasteiger partial charge on any atom is 0.338 e. The molecule has 0 bridgehead atoms. The van der Waals surface area contributed by atoms with Gasteiger partial charge >= 0.3 is 11.9 Å². The molecule has 5 atom stereocenters. The van der Waals surface area contributed by atoms with E-state index in [1.807, 2.05) is 0 Å². The molecule has 1 aliphatic rings. The van der Waals surface area contributed by atoms with Crippen LogP contribution in [0, 0.1) is 0 Å². The summed E-state index contributed by atoms with van der Waals surface area (Å²) in [6, 6.07) is 8.38. The fourth-order valence-electron chi connectivity index (χ4n) is 2.45. The van der Waals surface area contributed by atoms with Crippen molar-refractivity contribution in [3.8, 4) is 0 Å². The van der Waals surface area contributed by atoms with Crippen molar-refractivity contribution in [2.75, 3.05) is 12.4 Å². The van der Waals surface area contributed by atoms with Crippen LogP contribution in [0.3, 0.4) is 0 Å². The number of ether oxygens (including phenoxy) is 4. The topological polar surface area (TPSA) is 91.3 Å². The van der Waals surface area contributed by atoms with Crippen LogP contribution in [0.25, 0.3) is 0 Å². The van der Waals surface area contributed by atoms with Crippen LogP contribution in [0.2, 0.25) is 0 Å². The maximum absolute atomic E-state index is 12.3. The molecular weight excluding hydrogens is 384 g/mol. The standard InChI is InChI=1S/C16H19BrO7/c1-9(18)22-14-12(19)16(21-2)23-11(8-17)13(14)24-15(20)10-6-4-3-5-7-10/h3-7,11-14,16,19H,8H2,1-2H3/t11-,12-,13-,14-,16+/m1/s1. The zero-order valence-corrected chi connectivity index (χ0v) is 14.8. The van der Waals surface area contributed by atoms with Crippen molar-refractivity contribution in [3.63, 3.8) is 0 Å². The van der Waals surface area contributed by atoms with Crippen molar-refractivity contribution in [3.05, 3.63) is 35.9 Å². The van der Waals surface area contributed by atoms with Gasteiger partial charge < -0.3 is 24.1 Å². The monoisotopic (exact) mass is 402 g/mol. The zero-order valence-electron chi connectivity index (χ0n) is 13.3. The number of alkyl halides is 1. The van der Waals surface area contributed by atoms with E-state index in [-0.39, 0.29) is 0 Å². The van der Waals surface area contributed by atoms with Gasteiger partial charge in [-0.3, -0.25) is 4.79 Å². The summed E-state index contributed by atoms with van der Waals surface area (Å²) in [6.45, 7) is 1.21. The Labute approximate surface area is 148 Å². The largest absolute Gasteiger partial charge is 0.455 e. The summed E-state index contributed by atoms with van der Waals surface area (Å²) in [5.74, 6) is -1.21. The number of aliphatic hydroxyl groups excluding tert-OH is 1. The lowest BCUT2D eigenvalue weighted by molar-refractivity contribution is -0.287. The minimum atomic E-state index is -1.29. The Morgan fingerprint density at radius 1 is 1.21 bits per heavy atom. The molecule has 132 valence electrons. The Balaban J connectivity index is 2.24. The van der Waals surface area contributed by atoms with Crippen LogP contribution >= 0.6 is 15.9 Å². The molecule has 8 heteroatoms. The zero-order chi connectivity index (χ0) is 17.7. The van der Waals surface area contributed by atoms with Gasteiger partial charge in [0.2, 0.25) is 0 Å². The van der Waals surface area contributed by atoms with E-state index < -0.39 is 42.6 Å². The summed E-state index contributed by atoms with van der Waals surface area (Å²) >= 11 is 3.27. The normalized spacial score (nSPS) is 29.8. The van der Waals surface area contributed by atoms with Crippen LogP contribution in [-0.2, 0) is 23.7 Å². The Morgan fingerprint density at radius 2 is 1.88 bits per heavy atom. The molecule has 1 fully saturated rings. The number of benzene rings is 1. The molecular formula is C16H19BrO7. The lowest BCUT2D eigenvalue weighted by Gasteiger charge is -2.42. The van der Waals surface area contributed by atoms with E-state index in [4.69, 9.17) is 18.9 Å². The number of aliphatic hydroxyl groups is 1. The first-order chi connectivity index (χ1) is 11.5. The predicted octanol–water partition coefficient (Wildman–Crippen LogP) is 1.27. The van der Waals surface area contributed by atoms with Crippen molar-refractivity contribution in [2.24, 2.45) is 0 Å². The van der Waals surface area contributed by atoms with Crippen LogP contribution in [0.1, 0.15) is 17.3 Å². The third-order valence-electron chi connectivity index (χ3n) is 3.55. The van der Waals surface area contributed by atoms with Crippen molar-refractivity contribution < 1.29 is 33.6 Å². The molecule has 1 aromatic carbocycles. The van der Waals surface area contributed by atoms with Crippen LogP contribution < -0.4 is 0 Å². The van der Waals surface area contributed by atoms with Gasteiger partial charge in [-0.2, -0.15) is 0 Å². The fourth-order valence-corrected chi connectivity index (χ4v) is 2.97. The van der Waals surface area contributed by atoms with Crippen molar-refractivity contribution in [1.29, 1.82) is 0 Å². The van der Waals surface area contributed by atoms with Crippen LogP contribution in [0.5, 0.6) is 0 Å². The van der Waals surface area contributed by atoms with E-state index in [9.17, 15) is 14.7 Å². The van der Waals surface area contributed by atoms with Crippen LogP contribution in [0.15, 0.2) is 30.3 Å². The van der Waals surface area contributed by atoms with Gasteiger partial charge in [-0.15, -0.1) is 0 Å². The Hall–Kier alpha value is -1.48. The Kier molecular flexibility index (Phi) is 6.73. The number of hydrogen-bond donors (Lipinski definition) is 1. The fraction of sp³-hybridized carbons (Fsp3) is 0.500. The Bertz CT molecular complexity index is 565. The summed E-state index contributed by atoms with van der Waals surface area (Å²) in [5, 5.41) is 10.6. The predicted molar refractivity (Wildman–Crippen MR) is 86.7 cm³/mol. The first-order valence-corrected chi connectivity index (χ1v) is 8.45. The molecule has 1 aromatic rings. The highest BCUT2D eigenvalue weighted by molar-refractivity contribution is 9.09. The molecule has 2 rings (SSSR count). The molecule has 7 nitrogen and oxygen atoms in total. The van der Waals surface area contributed by atoms with Crippen LogP contribution in [-0.4, -0.2) is 60.2 Å². The molecule has 0 unspecified atom stereocenters. The summed E-state index contributed by atoms with van der Waals surface area (Å²) in [5.41, 5.74) is 0.343. The smallest absolute Gasteiger partial charge is 0.338 e. The highest BCUT2D eigenvalue weighted by atomic mass is 79.9. The second-order valence-electron chi connectivity index (χ2n) is 5.23. The average Bonchev–Trinajstić information content (AvgIpc) is 2.58. The quantitative estimate of drug-likeness (QED) is 0.585. The second-order valence-corrected chi connectivity index (χ2v) is 5.88. The molecule has 0 aliphatic carbocycles. The average molecular weight is 403 g/mol. The van der Waals surface area contributed by atoms with Crippen molar-refractivity contribution >= 4 is 27.9 Å². The minimum Gasteiger partial charge on any atom is -0.455 e. The van der Waals surface area contributed by atoms with E-state index in [1.165, 1.54) is 14.0 Å². The van der Waals surface area contributed by atoms with Crippen molar-refractivity contribution in [2.45, 2.75) is 37.6 Å². The number of methoxy groups -OCH3 is 1. The maximum atomic E-state index is 12.3. The summed E-state index contributed by atoms with van der Waals surface area (Å²) < 4.78 is 21.3. The molecule has 1 saturated heterocycles. The van der Waals surface area contributed by atoms with Crippen LogP contribution in [0.4, 0.5) is 0 Å². The number of carbonyl (C=O) groups excluding carboxylic acids is 2. The first-order valence-electron chi connectivity index (χ1n) is 7.33. The van der Waals surface area contributed by atoms with Crippen molar-refractivity contribution in [1.82, 2.24) is 0 Å². The second kappa shape index (κ2) is 8.57. The SMILES string of the molecule is CO[C@H]1O[C@H](CBr)[C@@H](OC(=O)c2ccccc2)[C@H](OC(C)=O)[C@H]1O. The highest BCUT2D eigenvalue weighted by Gasteiger charge is 2.49. The van der Waals surface area contributed by atoms with E-state index in [1.54, 1.807) is 30.3 Å². The summed E-state index contributed by atoms with van der Waals surface area (Å²) in [4.78, 5) is 23.7. The van der Waals surface area contributed by atoms with Gasteiger partial charge in [0, 0.05) is 19.4 Å². The number of halogens is 1. The molecule has 1 aliphatic heterocycles. The number of hydrogen-bond acceptors (Lipinski definition) is 7. The molecule has 24 heavy (non-hydrogen) atoms. The van der Waals surface area contributed by atoms with E-state index in [0.717, 1.165) is 0 Å². The lowest BCUT2D eigenvalue weighted by atomic mass is 9.99. The van der Waals surface area contributed by atoms with E-state index in [0.29, 0.717) is 10.9 Å². The Morgan fingerprint density at radius 3 is 2.42 bits per heavy atom. The number of carbonyl (C=O) groups is 2. The lowest BCUT2D eigenvalue weighted by Crippen LogP contribution is -2.61. The summed E-state index contributed by atoms with van der Waals surface area (Å²) in [7, 11) is 1.36. The summed E-state index contributed by atoms with van der Waals surface area (Å²) in [6.07, 6.45) is -5.03. The molecule has 1 N–H and O–H groups in total. The molecule has 1 heterocycles. The van der Waals surface area contributed by atoms with Gasteiger partial charge in [0.15, 0.2) is 18.5 Å². The molecule has 0 aromatic heterocycles. The number of rotatable bonds is 5. The number of esters is 2. The molecule has 0 radical (unpaired) electrons. The molecule has 0 spiro atoms.